The summed E-state index contributed by atoms with van der Waals surface area (Å²) in [5, 5.41) is 14.5. The first-order chi connectivity index (χ1) is 17.3. The molecule has 1 amide bonds. The van der Waals surface area contributed by atoms with Crippen LogP contribution in [-0.4, -0.2) is 46.6 Å². The topological polar surface area (TPSA) is 81.7 Å². The molecule has 3 aromatic heterocycles. The third-order valence-electron chi connectivity index (χ3n) is 6.74. The van der Waals surface area contributed by atoms with Crippen LogP contribution in [0.1, 0.15) is 60.2 Å². The van der Waals surface area contributed by atoms with Gasteiger partial charge in [0, 0.05) is 40.0 Å². The molecule has 10 heteroatoms. The van der Waals surface area contributed by atoms with Crippen molar-refractivity contribution in [2.75, 3.05) is 0 Å². The van der Waals surface area contributed by atoms with Gasteiger partial charge in [-0.15, -0.1) is 4.80 Å². The van der Waals surface area contributed by atoms with Crippen LogP contribution in [0.4, 0.5) is 0 Å². The summed E-state index contributed by atoms with van der Waals surface area (Å²) in [6.45, 7) is 6.06. The molecule has 186 valence electrons. The van der Waals surface area contributed by atoms with Gasteiger partial charge in [-0.05, 0) is 56.5 Å². The van der Waals surface area contributed by atoms with E-state index >= 15 is 0 Å². The monoisotopic (exact) mass is 523 g/mol. The average molecular weight is 524 g/mol. The van der Waals surface area contributed by atoms with Gasteiger partial charge in [0.15, 0.2) is 5.69 Å². The number of amides is 1. The lowest BCUT2D eigenvalue weighted by molar-refractivity contribution is 0.0506. The molecule has 0 aliphatic carbocycles. The lowest BCUT2D eigenvalue weighted by Gasteiger charge is -2.41. The molecule has 4 heterocycles. The number of carbonyl (C=O) groups excluding carboxylic acids is 1. The molecule has 5 rings (SSSR count). The predicted molar refractivity (Wildman–Crippen MR) is 140 cm³/mol. The second-order valence-corrected chi connectivity index (χ2v) is 9.91. The summed E-state index contributed by atoms with van der Waals surface area (Å²) in [6.07, 6.45) is 5.34. The highest BCUT2D eigenvalue weighted by Crippen LogP contribution is 2.42. The Kier molecular flexibility index (Phi) is 6.57. The number of fused-ring (bicyclic) bond motifs is 1. The first kappa shape index (κ1) is 24.5. The smallest absolute Gasteiger partial charge is 0.275 e. The van der Waals surface area contributed by atoms with Crippen LogP contribution in [0.15, 0.2) is 42.7 Å². The highest BCUT2D eigenvalue weighted by Gasteiger charge is 2.41. The summed E-state index contributed by atoms with van der Waals surface area (Å²) < 4.78 is 1.88. The highest BCUT2D eigenvalue weighted by atomic mass is 35.5. The van der Waals surface area contributed by atoms with Crippen molar-refractivity contribution >= 4 is 29.1 Å². The van der Waals surface area contributed by atoms with Gasteiger partial charge in [0.2, 0.25) is 0 Å². The molecule has 0 spiro atoms. The summed E-state index contributed by atoms with van der Waals surface area (Å²) >= 11 is 12.7. The van der Waals surface area contributed by atoms with Crippen molar-refractivity contribution in [3.8, 4) is 16.9 Å². The second kappa shape index (κ2) is 9.67. The number of pyridine rings is 1. The Hall–Kier alpha value is -3.23. The Morgan fingerprint density at radius 3 is 2.39 bits per heavy atom. The molecular formula is C26H27Cl2N7O. The van der Waals surface area contributed by atoms with E-state index in [0.29, 0.717) is 34.3 Å². The maximum atomic E-state index is 14.2. The first-order valence-electron chi connectivity index (χ1n) is 12.0. The molecule has 0 saturated heterocycles. The van der Waals surface area contributed by atoms with Gasteiger partial charge in [-0.3, -0.25) is 9.48 Å². The molecule has 0 saturated carbocycles. The predicted octanol–water partition coefficient (Wildman–Crippen LogP) is 5.61. The van der Waals surface area contributed by atoms with Crippen LogP contribution in [0.5, 0.6) is 0 Å². The van der Waals surface area contributed by atoms with Gasteiger partial charge in [0.05, 0.1) is 29.8 Å². The second-order valence-electron chi connectivity index (χ2n) is 9.04. The zero-order chi connectivity index (χ0) is 25.6. The van der Waals surface area contributed by atoms with E-state index in [-0.39, 0.29) is 18.0 Å². The van der Waals surface area contributed by atoms with Crippen LogP contribution >= 0.6 is 23.2 Å². The van der Waals surface area contributed by atoms with E-state index in [0.717, 1.165) is 34.6 Å². The molecule has 0 bridgehead atoms. The summed E-state index contributed by atoms with van der Waals surface area (Å²) in [5.41, 5.74) is 5.58. The molecule has 2 unspecified atom stereocenters. The highest BCUT2D eigenvalue weighted by molar-refractivity contribution is 6.35. The van der Waals surface area contributed by atoms with E-state index in [2.05, 4.69) is 29.0 Å². The van der Waals surface area contributed by atoms with E-state index in [1.54, 1.807) is 18.5 Å². The number of hydrogen-bond acceptors (Lipinski definition) is 5. The van der Waals surface area contributed by atoms with Crippen molar-refractivity contribution < 1.29 is 4.79 Å². The molecule has 2 atom stereocenters. The fourth-order valence-electron chi connectivity index (χ4n) is 5.20. The standard InChI is InChI=1S/C26H27Cl2N7O/c1-5-19-14-20-23(32-33(4)25(20)16-11-17(27)13-18(28)12-16)21(6-2)34(19)26(36)24-22(8-7-15(3)31-24)35-29-9-10-30-35/h7-13,19,21H,5-6,14H2,1-4H3. The average Bonchev–Trinajstić information content (AvgIpc) is 3.49. The van der Waals surface area contributed by atoms with Gasteiger partial charge in [-0.25, -0.2) is 4.98 Å². The maximum absolute atomic E-state index is 14.2. The molecule has 8 nitrogen and oxygen atoms in total. The van der Waals surface area contributed by atoms with Gasteiger partial charge in [0.25, 0.3) is 5.91 Å². The minimum Gasteiger partial charge on any atom is -0.325 e. The zero-order valence-corrected chi connectivity index (χ0v) is 22.1. The van der Waals surface area contributed by atoms with Gasteiger partial charge in [-0.2, -0.15) is 15.3 Å². The molecular weight excluding hydrogens is 497 g/mol. The molecule has 0 N–H and O–H groups in total. The molecule has 36 heavy (non-hydrogen) atoms. The van der Waals surface area contributed by atoms with Crippen molar-refractivity contribution in [1.29, 1.82) is 0 Å². The van der Waals surface area contributed by atoms with E-state index in [9.17, 15) is 4.79 Å². The number of benzene rings is 1. The van der Waals surface area contributed by atoms with Crippen LogP contribution in [0.2, 0.25) is 10.0 Å². The normalized spacial score (nSPS) is 17.3. The lowest BCUT2D eigenvalue weighted by Crippen LogP contribution is -2.47. The molecule has 0 radical (unpaired) electrons. The molecule has 1 aromatic carbocycles. The molecule has 0 fully saturated rings. The van der Waals surface area contributed by atoms with Gasteiger partial charge >= 0.3 is 0 Å². The number of halogens is 2. The SMILES string of the molecule is CCC1Cc2c(nn(C)c2-c2cc(Cl)cc(Cl)c2)C(CC)N1C(=O)c1nc(C)ccc1-n1nccn1. The quantitative estimate of drug-likeness (QED) is 0.339. The Morgan fingerprint density at radius 2 is 1.75 bits per heavy atom. The van der Waals surface area contributed by atoms with Crippen LogP contribution < -0.4 is 0 Å². The molecule has 4 aromatic rings. The summed E-state index contributed by atoms with van der Waals surface area (Å²) in [7, 11) is 1.92. The van der Waals surface area contributed by atoms with Crippen LogP contribution in [-0.2, 0) is 13.5 Å². The largest absolute Gasteiger partial charge is 0.325 e. The summed E-state index contributed by atoms with van der Waals surface area (Å²) in [4.78, 5) is 22.2. The number of nitrogens with zero attached hydrogens (tertiary/aromatic N) is 7. The van der Waals surface area contributed by atoms with E-state index in [4.69, 9.17) is 28.3 Å². The summed E-state index contributed by atoms with van der Waals surface area (Å²) in [5.74, 6) is -0.145. The van der Waals surface area contributed by atoms with Gasteiger partial charge in [-0.1, -0.05) is 37.0 Å². The lowest BCUT2D eigenvalue weighted by atomic mass is 9.87. The van der Waals surface area contributed by atoms with Gasteiger partial charge in [0.1, 0.15) is 5.69 Å². The number of carbonyl (C=O) groups is 1. The number of aromatic nitrogens is 6. The fraction of sp³-hybridized carbons (Fsp3) is 0.346. The third-order valence-corrected chi connectivity index (χ3v) is 7.18. The Balaban J connectivity index is 1.63. The Morgan fingerprint density at radius 1 is 1.06 bits per heavy atom. The molecule has 1 aliphatic heterocycles. The van der Waals surface area contributed by atoms with Crippen molar-refractivity contribution in [3.63, 3.8) is 0 Å². The minimum atomic E-state index is -0.207. The van der Waals surface area contributed by atoms with Crippen LogP contribution in [0.3, 0.4) is 0 Å². The first-order valence-corrected chi connectivity index (χ1v) is 12.8. The van der Waals surface area contributed by atoms with Crippen molar-refractivity contribution in [2.45, 2.75) is 52.1 Å². The van der Waals surface area contributed by atoms with Crippen molar-refractivity contribution in [3.05, 3.63) is 75.4 Å². The van der Waals surface area contributed by atoms with Crippen molar-refractivity contribution in [2.24, 2.45) is 7.05 Å². The number of aryl methyl sites for hydroxylation is 2. The molecule has 1 aliphatic rings. The van der Waals surface area contributed by atoms with E-state index in [1.165, 1.54) is 4.80 Å². The van der Waals surface area contributed by atoms with Crippen molar-refractivity contribution in [1.82, 2.24) is 34.7 Å². The maximum Gasteiger partial charge on any atom is 0.275 e. The fourth-order valence-corrected chi connectivity index (χ4v) is 5.72. The zero-order valence-electron chi connectivity index (χ0n) is 20.6. The Labute approximate surface area is 219 Å². The number of hydrogen-bond donors (Lipinski definition) is 0. The number of rotatable bonds is 5. The van der Waals surface area contributed by atoms with Gasteiger partial charge < -0.3 is 4.90 Å². The van der Waals surface area contributed by atoms with E-state index in [1.807, 2.05) is 47.8 Å². The minimum absolute atomic E-state index is 0.0340. The Bertz CT molecular complexity index is 1410. The third kappa shape index (κ3) is 4.18. The van der Waals surface area contributed by atoms with Crippen LogP contribution in [0, 0.1) is 6.92 Å². The van der Waals surface area contributed by atoms with Crippen LogP contribution in [0.25, 0.3) is 16.9 Å². The van der Waals surface area contributed by atoms with E-state index < -0.39 is 0 Å². The summed E-state index contributed by atoms with van der Waals surface area (Å²) in [6, 6.07) is 9.00.